The first kappa shape index (κ1) is 21.7. The van der Waals surface area contributed by atoms with Crippen LogP contribution >= 0.6 is 0 Å². The van der Waals surface area contributed by atoms with Gasteiger partial charge in [0.2, 0.25) is 5.91 Å². The number of hydrogen-bond donors (Lipinski definition) is 1. The maximum atomic E-state index is 12.6. The number of amides is 1. The van der Waals surface area contributed by atoms with Crippen LogP contribution in [0, 0.1) is 0 Å². The number of methoxy groups -OCH3 is 4. The van der Waals surface area contributed by atoms with E-state index in [0.29, 0.717) is 39.9 Å². The highest BCUT2D eigenvalue weighted by Crippen LogP contribution is 2.31. The van der Waals surface area contributed by atoms with Crippen LogP contribution in [-0.4, -0.2) is 44.1 Å². The van der Waals surface area contributed by atoms with Gasteiger partial charge in [0.15, 0.2) is 0 Å². The smallest absolute Gasteiger partial charge is 0.267 e. The van der Waals surface area contributed by atoms with E-state index in [1.807, 2.05) is 0 Å². The quantitative estimate of drug-likeness (QED) is 0.592. The molecule has 1 N–H and O–H groups in total. The molecule has 9 heteroatoms. The van der Waals surface area contributed by atoms with Crippen LogP contribution in [0.4, 0.5) is 5.69 Å². The Bertz CT molecular complexity index is 1120. The molecule has 0 bridgehead atoms. The van der Waals surface area contributed by atoms with E-state index in [1.165, 1.54) is 27.4 Å². The van der Waals surface area contributed by atoms with E-state index in [2.05, 4.69) is 10.4 Å². The van der Waals surface area contributed by atoms with Gasteiger partial charge in [-0.15, -0.1) is 0 Å². The molecule has 0 radical (unpaired) electrons. The molecule has 3 rings (SSSR count). The summed E-state index contributed by atoms with van der Waals surface area (Å²) in [5, 5.41) is 7.06. The number of aromatic nitrogens is 2. The summed E-state index contributed by atoms with van der Waals surface area (Å²) in [6.45, 7) is -0.279. The highest BCUT2D eigenvalue weighted by atomic mass is 16.5. The molecular weight excluding hydrogens is 402 g/mol. The lowest BCUT2D eigenvalue weighted by molar-refractivity contribution is -0.117. The third-order valence-electron chi connectivity index (χ3n) is 4.48. The molecule has 0 aliphatic carbocycles. The molecule has 0 aliphatic rings. The monoisotopic (exact) mass is 425 g/mol. The van der Waals surface area contributed by atoms with Crippen molar-refractivity contribution in [2.75, 3.05) is 33.8 Å². The van der Waals surface area contributed by atoms with Gasteiger partial charge >= 0.3 is 0 Å². The molecule has 0 saturated heterocycles. The molecule has 1 heterocycles. The van der Waals surface area contributed by atoms with Crippen molar-refractivity contribution in [3.05, 3.63) is 58.9 Å². The van der Waals surface area contributed by atoms with Crippen LogP contribution in [0.3, 0.4) is 0 Å². The Labute approximate surface area is 179 Å². The van der Waals surface area contributed by atoms with E-state index >= 15 is 0 Å². The summed E-state index contributed by atoms with van der Waals surface area (Å²) in [7, 11) is 6.12. The fraction of sp³-hybridized carbons (Fsp3) is 0.227. The van der Waals surface area contributed by atoms with E-state index in [-0.39, 0.29) is 6.54 Å². The molecule has 0 saturated carbocycles. The summed E-state index contributed by atoms with van der Waals surface area (Å²) in [6, 6.07) is 13.2. The lowest BCUT2D eigenvalue weighted by atomic mass is 10.1. The molecule has 0 atom stereocenters. The molecule has 0 unspecified atom stereocenters. The Kier molecular flexibility index (Phi) is 6.76. The number of benzene rings is 2. The molecule has 2 aromatic carbocycles. The van der Waals surface area contributed by atoms with Crippen LogP contribution in [0.2, 0.25) is 0 Å². The number of carbonyl (C=O) groups is 1. The largest absolute Gasteiger partial charge is 0.497 e. The molecular formula is C22H23N3O6. The van der Waals surface area contributed by atoms with E-state index in [0.717, 1.165) is 4.68 Å². The summed E-state index contributed by atoms with van der Waals surface area (Å²) in [6.07, 6.45) is 0. The molecule has 0 spiro atoms. The fourth-order valence-corrected chi connectivity index (χ4v) is 2.94. The van der Waals surface area contributed by atoms with Crippen LogP contribution in [0.15, 0.2) is 53.3 Å². The second-order valence-electron chi connectivity index (χ2n) is 6.43. The summed E-state index contributed by atoms with van der Waals surface area (Å²) in [5.74, 6) is 1.79. The second kappa shape index (κ2) is 9.66. The van der Waals surface area contributed by atoms with Crippen molar-refractivity contribution in [1.29, 1.82) is 0 Å². The average molecular weight is 425 g/mol. The SMILES string of the molecule is COc1cc(NC(=O)Cn2nc(-c3cc(OC)ccc3OC)ccc2=O)cc(OC)c1. The first-order chi connectivity index (χ1) is 15.0. The van der Waals surface area contributed by atoms with Crippen molar-refractivity contribution >= 4 is 11.6 Å². The Morgan fingerprint density at radius 1 is 0.871 bits per heavy atom. The number of anilines is 1. The van der Waals surface area contributed by atoms with Crippen LogP contribution in [-0.2, 0) is 11.3 Å². The zero-order chi connectivity index (χ0) is 22.4. The third kappa shape index (κ3) is 5.13. The highest BCUT2D eigenvalue weighted by molar-refractivity contribution is 5.91. The lowest BCUT2D eigenvalue weighted by Gasteiger charge is -2.12. The van der Waals surface area contributed by atoms with E-state index in [4.69, 9.17) is 18.9 Å². The first-order valence-corrected chi connectivity index (χ1v) is 9.31. The minimum absolute atomic E-state index is 0.279. The van der Waals surface area contributed by atoms with Gasteiger partial charge in [0.25, 0.3) is 5.56 Å². The Balaban J connectivity index is 1.87. The normalized spacial score (nSPS) is 10.3. The van der Waals surface area contributed by atoms with Gasteiger partial charge in [0, 0.05) is 35.5 Å². The minimum Gasteiger partial charge on any atom is -0.497 e. The Morgan fingerprint density at radius 2 is 1.55 bits per heavy atom. The summed E-state index contributed by atoms with van der Waals surface area (Å²) in [4.78, 5) is 24.9. The maximum absolute atomic E-state index is 12.6. The number of hydrogen-bond acceptors (Lipinski definition) is 7. The van der Waals surface area contributed by atoms with Gasteiger partial charge in [0.1, 0.15) is 29.5 Å². The average Bonchev–Trinajstić information content (AvgIpc) is 2.79. The predicted molar refractivity (Wildman–Crippen MR) is 115 cm³/mol. The van der Waals surface area contributed by atoms with E-state index in [9.17, 15) is 9.59 Å². The van der Waals surface area contributed by atoms with Gasteiger partial charge in [-0.2, -0.15) is 5.10 Å². The zero-order valence-corrected chi connectivity index (χ0v) is 17.7. The van der Waals surface area contributed by atoms with Crippen molar-refractivity contribution in [3.8, 4) is 34.3 Å². The third-order valence-corrected chi connectivity index (χ3v) is 4.48. The molecule has 1 aromatic heterocycles. The van der Waals surface area contributed by atoms with Crippen molar-refractivity contribution in [2.45, 2.75) is 6.54 Å². The van der Waals surface area contributed by atoms with Gasteiger partial charge in [-0.05, 0) is 24.3 Å². The van der Waals surface area contributed by atoms with Crippen molar-refractivity contribution in [1.82, 2.24) is 9.78 Å². The Hall–Kier alpha value is -4.01. The van der Waals surface area contributed by atoms with Gasteiger partial charge in [-0.1, -0.05) is 0 Å². The highest BCUT2D eigenvalue weighted by Gasteiger charge is 2.13. The van der Waals surface area contributed by atoms with Crippen LogP contribution in [0.5, 0.6) is 23.0 Å². The predicted octanol–water partition coefficient (Wildman–Crippen LogP) is 2.58. The van der Waals surface area contributed by atoms with Crippen molar-refractivity contribution in [3.63, 3.8) is 0 Å². The number of rotatable bonds is 8. The molecule has 0 fully saturated rings. The second-order valence-corrected chi connectivity index (χ2v) is 6.43. The lowest BCUT2D eigenvalue weighted by Crippen LogP contribution is -2.29. The van der Waals surface area contributed by atoms with Gasteiger partial charge in [0.05, 0.1) is 34.1 Å². The van der Waals surface area contributed by atoms with Crippen LogP contribution in [0.1, 0.15) is 0 Å². The van der Waals surface area contributed by atoms with Crippen molar-refractivity contribution < 1.29 is 23.7 Å². The molecule has 162 valence electrons. The molecule has 3 aromatic rings. The maximum Gasteiger partial charge on any atom is 0.267 e. The Morgan fingerprint density at radius 3 is 2.16 bits per heavy atom. The van der Waals surface area contributed by atoms with Crippen LogP contribution in [0.25, 0.3) is 11.3 Å². The summed E-state index contributed by atoms with van der Waals surface area (Å²) < 4.78 is 22.1. The fourth-order valence-electron chi connectivity index (χ4n) is 2.94. The molecule has 1 amide bonds. The van der Waals surface area contributed by atoms with Crippen molar-refractivity contribution in [2.24, 2.45) is 0 Å². The summed E-state index contributed by atoms with van der Waals surface area (Å²) >= 11 is 0. The van der Waals surface area contributed by atoms with Gasteiger partial charge in [-0.25, -0.2) is 4.68 Å². The van der Waals surface area contributed by atoms with Gasteiger partial charge < -0.3 is 24.3 Å². The van der Waals surface area contributed by atoms with E-state index in [1.54, 1.807) is 49.6 Å². The number of carbonyl (C=O) groups excluding carboxylic acids is 1. The standard InChI is InChI=1S/C22H23N3O6/c1-28-15-5-7-20(31-4)18(12-15)19-6-8-22(27)25(24-19)13-21(26)23-14-9-16(29-2)11-17(10-14)30-3/h5-12H,13H2,1-4H3,(H,23,26). The number of ether oxygens (including phenoxy) is 4. The minimum atomic E-state index is -0.431. The molecule has 9 nitrogen and oxygen atoms in total. The number of nitrogens with one attached hydrogen (secondary N) is 1. The van der Waals surface area contributed by atoms with Crippen LogP contribution < -0.4 is 29.8 Å². The van der Waals surface area contributed by atoms with Gasteiger partial charge in [-0.3, -0.25) is 9.59 Å². The topological polar surface area (TPSA) is 101 Å². The molecule has 0 aliphatic heterocycles. The number of nitrogens with zero attached hydrogens (tertiary/aromatic N) is 2. The first-order valence-electron chi connectivity index (χ1n) is 9.31. The van der Waals surface area contributed by atoms with E-state index < -0.39 is 11.5 Å². The molecule has 31 heavy (non-hydrogen) atoms. The zero-order valence-electron chi connectivity index (χ0n) is 17.7. The summed E-state index contributed by atoms with van der Waals surface area (Å²) in [5.41, 5.74) is 1.16.